The monoisotopic (exact) mass is 366 g/mol. The van der Waals surface area contributed by atoms with E-state index in [2.05, 4.69) is 10.6 Å². The molecule has 0 saturated heterocycles. The fourth-order valence-electron chi connectivity index (χ4n) is 4.47. The average Bonchev–Trinajstić information content (AvgIpc) is 2.65. The Balaban J connectivity index is 1.29. The lowest BCUT2D eigenvalue weighted by Crippen LogP contribution is -2.41. The molecule has 0 aromatic carbocycles. The molecule has 26 heavy (non-hydrogen) atoms. The van der Waals surface area contributed by atoms with Crippen LogP contribution in [0.25, 0.3) is 0 Å². The number of hydrogen-bond acceptors (Lipinski definition) is 4. The molecule has 148 valence electrons. The van der Waals surface area contributed by atoms with Crippen LogP contribution in [0.2, 0.25) is 0 Å². The maximum Gasteiger partial charge on any atom is 0.407 e. The van der Waals surface area contributed by atoms with E-state index in [1.807, 2.05) is 0 Å². The summed E-state index contributed by atoms with van der Waals surface area (Å²) in [5, 5.41) is 6.00. The zero-order valence-corrected chi connectivity index (χ0v) is 15.8. The first-order valence-corrected chi connectivity index (χ1v) is 10.6. The summed E-state index contributed by atoms with van der Waals surface area (Å²) in [5.41, 5.74) is 0. The molecule has 3 rings (SSSR count). The maximum atomic E-state index is 12.0. The van der Waals surface area contributed by atoms with Crippen molar-refractivity contribution in [3.8, 4) is 0 Å². The Bertz CT molecular complexity index is 409. The minimum atomic E-state index is -0.281. The highest BCUT2D eigenvalue weighted by Gasteiger charge is 2.28. The molecule has 3 fully saturated rings. The molecule has 2 N–H and O–H groups in total. The van der Waals surface area contributed by atoms with Crippen LogP contribution >= 0.6 is 0 Å². The van der Waals surface area contributed by atoms with Crippen LogP contribution in [-0.2, 0) is 9.47 Å². The molecule has 3 aliphatic carbocycles. The number of hydrogen-bond donors (Lipinski definition) is 2. The third kappa shape index (κ3) is 6.36. The summed E-state index contributed by atoms with van der Waals surface area (Å²) < 4.78 is 11.1. The van der Waals surface area contributed by atoms with Crippen molar-refractivity contribution in [3.05, 3.63) is 0 Å². The first kappa shape index (κ1) is 19.3. The average molecular weight is 367 g/mol. The Morgan fingerprint density at radius 3 is 1.23 bits per heavy atom. The number of ether oxygens (including phenoxy) is 2. The van der Waals surface area contributed by atoms with Crippen LogP contribution < -0.4 is 10.6 Å². The van der Waals surface area contributed by atoms with E-state index in [-0.39, 0.29) is 36.5 Å². The van der Waals surface area contributed by atoms with Gasteiger partial charge in [0.15, 0.2) is 0 Å². The summed E-state index contributed by atoms with van der Waals surface area (Å²) in [7, 11) is 0. The molecule has 0 aromatic rings. The van der Waals surface area contributed by atoms with Gasteiger partial charge >= 0.3 is 12.2 Å². The molecule has 0 heterocycles. The number of nitrogens with one attached hydrogen (secondary N) is 2. The standard InChI is InChI=1S/C20H34N2O4/c23-19(21-15-7-3-1-4-8-15)25-17-11-13-18(14-12-17)26-20(24)22-16-9-5-2-6-10-16/h15-18H,1-14H2,(H,21,23)(H,22,24). The highest BCUT2D eigenvalue weighted by atomic mass is 16.6. The van der Waals surface area contributed by atoms with Gasteiger partial charge in [0.2, 0.25) is 0 Å². The molecule has 0 atom stereocenters. The van der Waals surface area contributed by atoms with Gasteiger partial charge in [0, 0.05) is 12.1 Å². The van der Waals surface area contributed by atoms with Crippen molar-refractivity contribution < 1.29 is 19.1 Å². The van der Waals surface area contributed by atoms with Crippen LogP contribution in [0.4, 0.5) is 9.59 Å². The van der Waals surface area contributed by atoms with Crippen molar-refractivity contribution in [2.75, 3.05) is 0 Å². The smallest absolute Gasteiger partial charge is 0.407 e. The molecule has 0 unspecified atom stereocenters. The Kier molecular flexibility index (Phi) is 7.44. The summed E-state index contributed by atoms with van der Waals surface area (Å²) in [4.78, 5) is 24.1. The Hall–Kier alpha value is -1.46. The van der Waals surface area contributed by atoms with Gasteiger partial charge in [-0.1, -0.05) is 38.5 Å². The second-order valence-electron chi connectivity index (χ2n) is 8.17. The van der Waals surface area contributed by atoms with Gasteiger partial charge in [0.05, 0.1) is 0 Å². The lowest BCUT2D eigenvalue weighted by Gasteiger charge is -2.30. The molecule has 3 saturated carbocycles. The van der Waals surface area contributed by atoms with Gasteiger partial charge in [-0.3, -0.25) is 0 Å². The lowest BCUT2D eigenvalue weighted by molar-refractivity contribution is 0.0193. The molecule has 0 aromatic heterocycles. The number of amides is 2. The molecule has 3 aliphatic rings. The normalized spacial score (nSPS) is 28.2. The quantitative estimate of drug-likeness (QED) is 0.772. The fraction of sp³-hybridized carbons (Fsp3) is 0.900. The van der Waals surface area contributed by atoms with E-state index in [1.165, 1.54) is 38.5 Å². The van der Waals surface area contributed by atoms with E-state index in [1.54, 1.807) is 0 Å². The zero-order valence-electron chi connectivity index (χ0n) is 15.8. The highest BCUT2D eigenvalue weighted by molar-refractivity contribution is 5.68. The van der Waals surface area contributed by atoms with E-state index in [0.29, 0.717) is 0 Å². The molecule has 6 heteroatoms. The van der Waals surface area contributed by atoms with Crippen LogP contribution in [0.1, 0.15) is 89.9 Å². The van der Waals surface area contributed by atoms with Crippen molar-refractivity contribution in [1.29, 1.82) is 0 Å². The maximum absolute atomic E-state index is 12.0. The Labute approximate surface area is 156 Å². The summed E-state index contributed by atoms with van der Waals surface area (Å²) in [6.45, 7) is 0. The summed E-state index contributed by atoms with van der Waals surface area (Å²) in [5.74, 6) is 0. The summed E-state index contributed by atoms with van der Waals surface area (Å²) >= 11 is 0. The van der Waals surface area contributed by atoms with Gasteiger partial charge in [0.25, 0.3) is 0 Å². The van der Waals surface area contributed by atoms with Gasteiger partial charge in [-0.05, 0) is 51.4 Å². The van der Waals surface area contributed by atoms with Crippen molar-refractivity contribution in [1.82, 2.24) is 10.6 Å². The number of alkyl carbamates (subject to hydrolysis) is 2. The first-order chi connectivity index (χ1) is 12.7. The Morgan fingerprint density at radius 1 is 0.538 bits per heavy atom. The molecule has 6 nitrogen and oxygen atoms in total. The van der Waals surface area contributed by atoms with Crippen molar-refractivity contribution in [3.63, 3.8) is 0 Å². The molecule has 0 radical (unpaired) electrons. The predicted molar refractivity (Wildman–Crippen MR) is 99.0 cm³/mol. The van der Waals surface area contributed by atoms with Crippen LogP contribution in [0.3, 0.4) is 0 Å². The number of carbonyl (C=O) groups is 2. The SMILES string of the molecule is O=C(NC1CCCCC1)OC1CCC(OC(=O)NC2CCCCC2)CC1. The van der Waals surface area contributed by atoms with Gasteiger partial charge in [-0.15, -0.1) is 0 Å². The molecule has 2 amide bonds. The zero-order chi connectivity index (χ0) is 18.2. The molecular weight excluding hydrogens is 332 g/mol. The summed E-state index contributed by atoms with van der Waals surface area (Å²) in [6, 6.07) is 0.554. The van der Waals surface area contributed by atoms with Crippen LogP contribution in [0, 0.1) is 0 Å². The number of carbonyl (C=O) groups excluding carboxylic acids is 2. The highest BCUT2D eigenvalue weighted by Crippen LogP contribution is 2.25. The lowest BCUT2D eigenvalue weighted by atomic mass is 9.94. The molecule has 0 spiro atoms. The van der Waals surface area contributed by atoms with Gasteiger partial charge in [-0.2, -0.15) is 0 Å². The molecular formula is C20H34N2O4. The minimum Gasteiger partial charge on any atom is -0.446 e. The van der Waals surface area contributed by atoms with Gasteiger partial charge < -0.3 is 20.1 Å². The second-order valence-corrected chi connectivity index (χ2v) is 8.17. The fourth-order valence-corrected chi connectivity index (χ4v) is 4.47. The van der Waals surface area contributed by atoms with E-state index >= 15 is 0 Å². The molecule has 0 bridgehead atoms. The van der Waals surface area contributed by atoms with Crippen LogP contribution in [-0.4, -0.2) is 36.5 Å². The van der Waals surface area contributed by atoms with Crippen LogP contribution in [0.5, 0.6) is 0 Å². The second kappa shape index (κ2) is 10.0. The summed E-state index contributed by atoms with van der Waals surface area (Å²) in [6.07, 6.45) is 13.9. The van der Waals surface area contributed by atoms with Crippen LogP contribution in [0.15, 0.2) is 0 Å². The van der Waals surface area contributed by atoms with E-state index in [4.69, 9.17) is 9.47 Å². The largest absolute Gasteiger partial charge is 0.446 e. The van der Waals surface area contributed by atoms with E-state index in [9.17, 15) is 9.59 Å². The van der Waals surface area contributed by atoms with Crippen molar-refractivity contribution in [2.24, 2.45) is 0 Å². The van der Waals surface area contributed by atoms with E-state index in [0.717, 1.165) is 51.4 Å². The number of rotatable bonds is 4. The van der Waals surface area contributed by atoms with Crippen molar-refractivity contribution in [2.45, 2.75) is 114 Å². The van der Waals surface area contributed by atoms with Gasteiger partial charge in [-0.25, -0.2) is 9.59 Å². The van der Waals surface area contributed by atoms with E-state index < -0.39 is 0 Å². The van der Waals surface area contributed by atoms with Gasteiger partial charge in [0.1, 0.15) is 12.2 Å². The third-order valence-electron chi connectivity index (χ3n) is 6.02. The predicted octanol–water partition coefficient (Wildman–Crippen LogP) is 4.42. The third-order valence-corrected chi connectivity index (χ3v) is 6.02. The topological polar surface area (TPSA) is 76.7 Å². The van der Waals surface area contributed by atoms with Crippen molar-refractivity contribution >= 4 is 12.2 Å². The first-order valence-electron chi connectivity index (χ1n) is 10.6. The minimum absolute atomic E-state index is 0.0557. The molecule has 0 aliphatic heterocycles. The Morgan fingerprint density at radius 2 is 0.885 bits per heavy atom.